The number of nitrogens with two attached hydrogens (primary N) is 2. The predicted molar refractivity (Wildman–Crippen MR) is 215 cm³/mol. The summed E-state index contributed by atoms with van der Waals surface area (Å²) < 4.78 is 5.62. The molecule has 20 nitrogen and oxygen atoms in total. The average Bonchev–Trinajstić information content (AvgIpc) is 3.86. The Labute approximate surface area is 348 Å². The number of aromatic nitrogens is 2. The zero-order valence-electron chi connectivity index (χ0n) is 33.1. The van der Waals surface area contributed by atoms with Crippen LogP contribution in [0.25, 0.3) is 0 Å². The van der Waals surface area contributed by atoms with Gasteiger partial charge in [-0.3, -0.25) is 38.4 Å². The number of nitrogens with zero attached hydrogens (tertiary/aromatic N) is 3. The second-order valence-corrected chi connectivity index (χ2v) is 17.1. The van der Waals surface area contributed by atoms with Crippen LogP contribution in [0.4, 0.5) is 0 Å². The fourth-order valence-electron chi connectivity index (χ4n) is 6.49. The van der Waals surface area contributed by atoms with Gasteiger partial charge in [0.2, 0.25) is 59.0 Å². The van der Waals surface area contributed by atoms with Crippen LogP contribution in [0.3, 0.4) is 0 Å². The number of carbonyl (C=O) groups excluding carboxylic acids is 8. The molecule has 0 unspecified atom stereocenters. The van der Waals surface area contributed by atoms with E-state index in [2.05, 4.69) is 36.8 Å². The SMILES string of the molecule is CC[C@H](C)[C@@H]1NC(=O)[C@H](Cc2ccc(O)cc2)NC(=O)CCSSC[C@@H](C(=O)N2CCC[C@H]2c2nnc(C)o2)NC(=O)[C@H](CC(N)=O)NC(=O)[C@H](CCC(N)=O)NC1=O. The summed E-state index contributed by atoms with van der Waals surface area (Å²) >= 11 is 0. The number of aromatic hydroxyl groups is 1. The number of benzene rings is 1. The van der Waals surface area contributed by atoms with E-state index in [0.29, 0.717) is 37.3 Å². The number of hydrogen-bond acceptors (Lipinski definition) is 14. The third-order valence-electron chi connectivity index (χ3n) is 9.88. The Balaban J connectivity index is 1.68. The molecule has 0 spiro atoms. The largest absolute Gasteiger partial charge is 0.508 e. The lowest BCUT2D eigenvalue weighted by molar-refractivity contribution is -0.138. The molecule has 2 aromatic rings. The first-order chi connectivity index (χ1) is 28.1. The van der Waals surface area contributed by atoms with Gasteiger partial charge in [-0.05, 0) is 42.9 Å². The fourth-order valence-corrected chi connectivity index (χ4v) is 8.63. The molecule has 0 radical (unpaired) electrons. The van der Waals surface area contributed by atoms with E-state index in [0.717, 1.165) is 0 Å². The zero-order valence-corrected chi connectivity index (χ0v) is 34.7. The summed E-state index contributed by atoms with van der Waals surface area (Å²) in [6.07, 6.45) is 0.111. The van der Waals surface area contributed by atoms with Crippen molar-refractivity contribution >= 4 is 68.8 Å². The molecule has 1 aromatic heterocycles. The van der Waals surface area contributed by atoms with Crippen LogP contribution in [0.1, 0.15) is 82.2 Å². The summed E-state index contributed by atoms with van der Waals surface area (Å²) in [5.74, 6) is -5.88. The number of rotatable bonds is 11. The Morgan fingerprint density at radius 2 is 1.58 bits per heavy atom. The third-order valence-corrected chi connectivity index (χ3v) is 12.3. The number of hydrogen-bond donors (Lipinski definition) is 8. The van der Waals surface area contributed by atoms with Gasteiger partial charge in [-0.25, -0.2) is 0 Å². The molecular weight excluding hydrogens is 809 g/mol. The number of phenolic OH excluding ortho intramolecular Hbond substituents is 1. The average molecular weight is 861 g/mol. The van der Waals surface area contributed by atoms with Gasteiger partial charge in [-0.1, -0.05) is 54.0 Å². The van der Waals surface area contributed by atoms with Gasteiger partial charge >= 0.3 is 0 Å². The minimum absolute atomic E-state index is 0.00280. The number of nitrogens with one attached hydrogen (secondary N) is 5. The highest BCUT2D eigenvalue weighted by Crippen LogP contribution is 2.33. The molecule has 10 N–H and O–H groups in total. The van der Waals surface area contributed by atoms with Crippen LogP contribution in [0.5, 0.6) is 5.75 Å². The zero-order chi connectivity index (χ0) is 43.2. The van der Waals surface area contributed by atoms with Gasteiger partial charge in [0.05, 0.1) is 6.42 Å². The molecule has 0 aliphatic carbocycles. The maximum absolute atomic E-state index is 14.2. The maximum atomic E-state index is 14.2. The van der Waals surface area contributed by atoms with E-state index in [4.69, 9.17) is 15.9 Å². The molecular formula is C37H52N10O10S2. The van der Waals surface area contributed by atoms with Crippen LogP contribution < -0.4 is 38.1 Å². The minimum Gasteiger partial charge on any atom is -0.508 e. The maximum Gasteiger partial charge on any atom is 0.246 e. The van der Waals surface area contributed by atoms with Crippen molar-refractivity contribution in [3.05, 3.63) is 41.6 Å². The van der Waals surface area contributed by atoms with Crippen LogP contribution in [-0.2, 0) is 44.8 Å². The summed E-state index contributed by atoms with van der Waals surface area (Å²) in [6.45, 7) is 5.41. The van der Waals surface area contributed by atoms with Crippen molar-refractivity contribution in [3.63, 3.8) is 0 Å². The Morgan fingerprint density at radius 3 is 2.22 bits per heavy atom. The van der Waals surface area contributed by atoms with Gasteiger partial charge in [0.1, 0.15) is 42.0 Å². The molecule has 4 rings (SSSR count). The molecule has 2 saturated heterocycles. The number of aryl methyl sites for hydroxylation is 1. The summed E-state index contributed by atoms with van der Waals surface area (Å²) in [7, 11) is 2.43. The smallest absolute Gasteiger partial charge is 0.246 e. The van der Waals surface area contributed by atoms with Gasteiger partial charge < -0.3 is 52.5 Å². The molecule has 7 atom stereocenters. The van der Waals surface area contributed by atoms with Crippen molar-refractivity contribution < 1.29 is 47.9 Å². The third kappa shape index (κ3) is 13.9. The quantitative estimate of drug-likeness (QED) is 0.131. The first kappa shape index (κ1) is 46.3. The van der Waals surface area contributed by atoms with E-state index in [1.165, 1.54) is 38.6 Å². The molecule has 322 valence electrons. The van der Waals surface area contributed by atoms with Crippen LogP contribution in [0.15, 0.2) is 28.7 Å². The highest BCUT2D eigenvalue weighted by atomic mass is 33.1. The summed E-state index contributed by atoms with van der Waals surface area (Å²) in [6, 6.07) is -1.23. The van der Waals surface area contributed by atoms with E-state index in [9.17, 15) is 43.5 Å². The second-order valence-electron chi connectivity index (χ2n) is 14.4. The van der Waals surface area contributed by atoms with Crippen molar-refractivity contribution in [3.8, 4) is 5.75 Å². The summed E-state index contributed by atoms with van der Waals surface area (Å²) in [5, 5.41) is 30.9. The molecule has 0 bridgehead atoms. The molecule has 22 heteroatoms. The fraction of sp³-hybridized carbons (Fsp3) is 0.568. The lowest BCUT2D eigenvalue weighted by Gasteiger charge is -2.30. The Morgan fingerprint density at radius 1 is 0.898 bits per heavy atom. The van der Waals surface area contributed by atoms with E-state index >= 15 is 0 Å². The number of amides is 8. The molecule has 2 aliphatic heterocycles. The minimum atomic E-state index is -1.62. The first-order valence-corrected chi connectivity index (χ1v) is 21.7. The van der Waals surface area contributed by atoms with Gasteiger partial charge in [0.25, 0.3) is 0 Å². The van der Waals surface area contributed by atoms with Gasteiger partial charge in [0.15, 0.2) is 0 Å². The van der Waals surface area contributed by atoms with Gasteiger partial charge in [-0.2, -0.15) is 0 Å². The van der Waals surface area contributed by atoms with Crippen LogP contribution in [-0.4, -0.2) is 116 Å². The first-order valence-electron chi connectivity index (χ1n) is 19.3. The van der Waals surface area contributed by atoms with Crippen molar-refractivity contribution in [2.45, 2.75) is 108 Å². The molecule has 8 amide bonds. The summed E-state index contributed by atoms with van der Waals surface area (Å²) in [4.78, 5) is 109. The molecule has 2 fully saturated rings. The van der Waals surface area contributed by atoms with Crippen LogP contribution in [0.2, 0.25) is 0 Å². The monoisotopic (exact) mass is 860 g/mol. The topological polar surface area (TPSA) is 311 Å². The molecule has 59 heavy (non-hydrogen) atoms. The second kappa shape index (κ2) is 22.1. The number of likely N-dealkylation sites (tertiary alicyclic amines) is 1. The normalized spacial score (nSPS) is 24.8. The van der Waals surface area contributed by atoms with Crippen molar-refractivity contribution in [2.75, 3.05) is 18.1 Å². The van der Waals surface area contributed by atoms with Gasteiger partial charge in [0, 0.05) is 44.2 Å². The van der Waals surface area contributed by atoms with Crippen molar-refractivity contribution in [1.82, 2.24) is 41.7 Å². The van der Waals surface area contributed by atoms with E-state index in [1.54, 1.807) is 32.9 Å². The highest BCUT2D eigenvalue weighted by Gasteiger charge is 2.39. The highest BCUT2D eigenvalue weighted by molar-refractivity contribution is 8.76. The Bertz CT molecular complexity index is 1850. The number of carbonyl (C=O) groups is 8. The van der Waals surface area contributed by atoms with Crippen molar-refractivity contribution in [1.29, 1.82) is 0 Å². The summed E-state index contributed by atoms with van der Waals surface area (Å²) in [5.41, 5.74) is 11.5. The Kier molecular flexibility index (Phi) is 17.4. The molecule has 1 aromatic carbocycles. The Hall–Kier alpha value is -5.38. The van der Waals surface area contributed by atoms with Crippen LogP contribution >= 0.6 is 21.6 Å². The van der Waals surface area contributed by atoms with E-state index in [-0.39, 0.29) is 48.8 Å². The standard InChI is InChI=1S/C37H52N10O10S2/c1-4-19(2)31-35(55)41-23(11-12-28(38)49)32(52)42-25(17-29(39)50)33(53)43-26(37(56)47-14-5-6-27(47)36-46-45-20(3)57-36)18-59-58-15-13-30(51)40-24(34(54)44-31)16-21-7-9-22(48)10-8-21/h7-10,19,23-27,31,48H,4-6,11-18H2,1-3H3,(H2,38,49)(H2,39,50)(H,40,51)(H,41,55)(H,42,52)(H,43,53)(H,44,54)/t19-,23-,24-,25-,26-,27-,31-/m0/s1. The molecule has 3 heterocycles. The van der Waals surface area contributed by atoms with Crippen molar-refractivity contribution in [2.24, 2.45) is 17.4 Å². The number of primary amides is 2. The predicted octanol–water partition coefficient (Wildman–Crippen LogP) is -0.614. The lowest BCUT2D eigenvalue weighted by Crippen LogP contribution is -2.61. The van der Waals surface area contributed by atoms with E-state index < -0.39 is 95.8 Å². The van der Waals surface area contributed by atoms with Gasteiger partial charge in [-0.15, -0.1) is 10.2 Å². The number of phenols is 1. The molecule has 0 saturated carbocycles. The lowest BCUT2D eigenvalue weighted by atomic mass is 9.96. The van der Waals surface area contributed by atoms with Crippen LogP contribution in [0, 0.1) is 12.8 Å². The molecule has 2 aliphatic rings. The van der Waals surface area contributed by atoms with E-state index in [1.807, 2.05) is 0 Å².